The average Bonchev–Trinajstić information content (AvgIpc) is 3.03. The molecule has 6 nitrogen and oxygen atoms in total. The minimum Gasteiger partial charge on any atom is -0.349 e. The van der Waals surface area contributed by atoms with Crippen molar-refractivity contribution in [3.63, 3.8) is 0 Å². The molecule has 1 aromatic heterocycles. The van der Waals surface area contributed by atoms with Crippen molar-refractivity contribution in [2.75, 3.05) is 11.9 Å². The number of para-hydroxylation sites is 1. The van der Waals surface area contributed by atoms with Crippen LogP contribution in [0.5, 0.6) is 0 Å². The van der Waals surface area contributed by atoms with Gasteiger partial charge in [0.15, 0.2) is 11.5 Å². The van der Waals surface area contributed by atoms with E-state index in [4.69, 9.17) is 0 Å². The number of hydrogen-bond acceptors (Lipinski definition) is 3. The Hall–Kier alpha value is -2.63. The van der Waals surface area contributed by atoms with Crippen LogP contribution in [0.25, 0.3) is 0 Å². The molecule has 0 radical (unpaired) electrons. The van der Waals surface area contributed by atoms with Crippen LogP contribution in [-0.4, -0.2) is 27.9 Å². The molecular weight excluding hydrogens is 340 g/mol. The molecule has 0 bridgehead atoms. The van der Waals surface area contributed by atoms with Gasteiger partial charge in [-0.2, -0.15) is 0 Å². The van der Waals surface area contributed by atoms with Crippen molar-refractivity contribution in [1.82, 2.24) is 14.9 Å². The van der Waals surface area contributed by atoms with Gasteiger partial charge in [-0.1, -0.05) is 32.0 Å². The molecule has 3 rings (SSSR count). The van der Waals surface area contributed by atoms with Crippen LogP contribution in [0.1, 0.15) is 65.5 Å². The first kappa shape index (κ1) is 19.1. The number of aryl methyl sites for hydroxylation is 1. The summed E-state index contributed by atoms with van der Waals surface area (Å²) in [6.07, 6.45) is 3.68. The highest BCUT2D eigenvalue weighted by molar-refractivity contribution is 6.05. The van der Waals surface area contributed by atoms with Crippen LogP contribution >= 0.6 is 0 Å². The third-order valence-corrected chi connectivity index (χ3v) is 4.94. The zero-order chi connectivity index (χ0) is 19.4. The van der Waals surface area contributed by atoms with E-state index in [0.29, 0.717) is 24.0 Å². The number of carbonyl (C=O) groups excluding carboxylic acids is 2. The lowest BCUT2D eigenvalue weighted by Gasteiger charge is -2.17. The van der Waals surface area contributed by atoms with Gasteiger partial charge in [-0.05, 0) is 50.2 Å². The molecule has 0 unspecified atom stereocenters. The van der Waals surface area contributed by atoms with E-state index in [1.54, 1.807) is 0 Å². The first-order valence-electron chi connectivity index (χ1n) is 9.72. The maximum Gasteiger partial charge on any atom is 0.287 e. The highest BCUT2D eigenvalue weighted by Gasteiger charge is 2.27. The quantitative estimate of drug-likeness (QED) is 0.819. The average molecular weight is 368 g/mol. The normalized spacial score (nSPS) is 13.3. The molecule has 6 heteroatoms. The molecule has 1 aliphatic heterocycles. The van der Waals surface area contributed by atoms with Gasteiger partial charge in [-0.25, -0.2) is 4.98 Å². The van der Waals surface area contributed by atoms with E-state index in [1.807, 2.05) is 35.8 Å². The van der Waals surface area contributed by atoms with E-state index in [9.17, 15) is 9.59 Å². The summed E-state index contributed by atoms with van der Waals surface area (Å²) in [5.74, 6) is 0.420. The second kappa shape index (κ2) is 8.37. The van der Waals surface area contributed by atoms with Gasteiger partial charge < -0.3 is 15.2 Å². The summed E-state index contributed by atoms with van der Waals surface area (Å²) in [5.41, 5.74) is 2.99. The molecule has 0 fully saturated rings. The van der Waals surface area contributed by atoms with E-state index >= 15 is 0 Å². The number of imidazole rings is 1. The molecule has 0 spiro atoms. The number of amides is 2. The summed E-state index contributed by atoms with van der Waals surface area (Å²) in [4.78, 5) is 29.9. The Morgan fingerprint density at radius 2 is 1.96 bits per heavy atom. The molecule has 0 atom stereocenters. The molecule has 144 valence electrons. The highest BCUT2D eigenvalue weighted by atomic mass is 16.2. The van der Waals surface area contributed by atoms with Crippen LogP contribution in [0.3, 0.4) is 0 Å². The van der Waals surface area contributed by atoms with Crippen molar-refractivity contribution in [3.8, 4) is 0 Å². The predicted octanol–water partition coefficient (Wildman–Crippen LogP) is 3.56. The Morgan fingerprint density at radius 1 is 1.19 bits per heavy atom. The highest BCUT2D eigenvalue weighted by Crippen LogP contribution is 2.23. The number of carbonyl (C=O) groups is 2. The summed E-state index contributed by atoms with van der Waals surface area (Å²) < 4.78 is 1.92. The fourth-order valence-corrected chi connectivity index (χ4v) is 3.35. The lowest BCUT2D eigenvalue weighted by Crippen LogP contribution is -2.29. The maximum atomic E-state index is 12.9. The number of fused-ring (bicyclic) bond motifs is 1. The number of aromatic nitrogens is 2. The third-order valence-electron chi connectivity index (χ3n) is 4.94. The molecule has 2 amide bonds. The largest absolute Gasteiger partial charge is 0.349 e. The van der Waals surface area contributed by atoms with Gasteiger partial charge in [0.2, 0.25) is 0 Å². The summed E-state index contributed by atoms with van der Waals surface area (Å²) in [5, 5.41) is 5.88. The number of rotatable bonds is 6. The van der Waals surface area contributed by atoms with Gasteiger partial charge in [0.25, 0.3) is 11.8 Å². The molecule has 2 aromatic rings. The molecule has 0 saturated heterocycles. The Labute approximate surface area is 160 Å². The monoisotopic (exact) mass is 368 g/mol. The first-order chi connectivity index (χ1) is 13.0. The smallest absolute Gasteiger partial charge is 0.287 e. The first-order valence-corrected chi connectivity index (χ1v) is 9.72. The molecule has 0 saturated carbocycles. The minimum atomic E-state index is -0.254. The van der Waals surface area contributed by atoms with E-state index < -0.39 is 0 Å². The lowest BCUT2D eigenvalue weighted by molar-refractivity contribution is 0.0936. The van der Waals surface area contributed by atoms with Crippen LogP contribution in [0.4, 0.5) is 5.69 Å². The van der Waals surface area contributed by atoms with Crippen molar-refractivity contribution in [2.45, 2.75) is 53.0 Å². The van der Waals surface area contributed by atoms with Gasteiger partial charge >= 0.3 is 0 Å². The number of anilines is 1. The van der Waals surface area contributed by atoms with E-state index in [0.717, 1.165) is 49.2 Å². The number of hydrogen-bond donors (Lipinski definition) is 2. The van der Waals surface area contributed by atoms with Crippen molar-refractivity contribution in [1.29, 1.82) is 0 Å². The lowest BCUT2D eigenvalue weighted by atomic mass is 10.1. The Balaban J connectivity index is 1.83. The fourth-order valence-electron chi connectivity index (χ4n) is 3.35. The second-order valence-electron chi connectivity index (χ2n) is 7.55. The van der Waals surface area contributed by atoms with Gasteiger partial charge in [-0.15, -0.1) is 0 Å². The zero-order valence-corrected chi connectivity index (χ0v) is 16.3. The summed E-state index contributed by atoms with van der Waals surface area (Å²) in [7, 11) is 0. The molecule has 2 heterocycles. The van der Waals surface area contributed by atoms with Gasteiger partial charge in [0, 0.05) is 18.8 Å². The topological polar surface area (TPSA) is 76.0 Å². The Bertz CT molecular complexity index is 839. The van der Waals surface area contributed by atoms with Crippen LogP contribution in [0, 0.1) is 12.8 Å². The van der Waals surface area contributed by atoms with Gasteiger partial charge in [0.1, 0.15) is 0 Å². The van der Waals surface area contributed by atoms with Gasteiger partial charge in [0.05, 0.1) is 5.69 Å². The maximum absolute atomic E-state index is 12.9. The summed E-state index contributed by atoms with van der Waals surface area (Å²) in [6.45, 7) is 7.54. The van der Waals surface area contributed by atoms with E-state index in [2.05, 4.69) is 29.5 Å². The summed E-state index contributed by atoms with van der Waals surface area (Å²) in [6, 6.07) is 7.64. The predicted molar refractivity (Wildman–Crippen MR) is 106 cm³/mol. The van der Waals surface area contributed by atoms with E-state index in [1.165, 1.54) is 0 Å². The third kappa shape index (κ3) is 4.38. The Kier molecular flexibility index (Phi) is 5.94. The summed E-state index contributed by atoms with van der Waals surface area (Å²) >= 11 is 0. The van der Waals surface area contributed by atoms with E-state index in [-0.39, 0.29) is 11.8 Å². The SMILES string of the molecule is Cc1ccccc1NC(=O)c1nc(C(=O)NCCC(C)C)n2c1CCCC2. The molecule has 1 aromatic carbocycles. The fraction of sp³-hybridized carbons (Fsp3) is 0.476. The van der Waals surface area contributed by atoms with Crippen LogP contribution in [0.2, 0.25) is 0 Å². The van der Waals surface area contributed by atoms with Crippen molar-refractivity contribution >= 4 is 17.5 Å². The zero-order valence-electron chi connectivity index (χ0n) is 16.3. The number of benzene rings is 1. The molecular formula is C21H28N4O2. The molecule has 0 aliphatic carbocycles. The van der Waals surface area contributed by atoms with Gasteiger partial charge in [-0.3, -0.25) is 9.59 Å². The molecule has 1 aliphatic rings. The van der Waals surface area contributed by atoms with Crippen molar-refractivity contribution in [3.05, 3.63) is 47.0 Å². The van der Waals surface area contributed by atoms with Crippen LogP contribution < -0.4 is 10.6 Å². The Morgan fingerprint density at radius 3 is 2.70 bits per heavy atom. The minimum absolute atomic E-state index is 0.200. The second-order valence-corrected chi connectivity index (χ2v) is 7.55. The molecule has 27 heavy (non-hydrogen) atoms. The molecule has 2 N–H and O–H groups in total. The van der Waals surface area contributed by atoms with Crippen LogP contribution in [-0.2, 0) is 13.0 Å². The number of nitrogens with zero attached hydrogens (tertiary/aromatic N) is 2. The van der Waals surface area contributed by atoms with Crippen molar-refractivity contribution in [2.24, 2.45) is 5.92 Å². The standard InChI is InChI=1S/C21H28N4O2/c1-14(2)11-12-22-21(27)19-24-18(17-10-6-7-13-25(17)19)20(26)23-16-9-5-4-8-15(16)3/h4-5,8-9,14H,6-7,10-13H2,1-3H3,(H,22,27)(H,23,26). The van der Waals surface area contributed by atoms with Crippen molar-refractivity contribution < 1.29 is 9.59 Å². The van der Waals surface area contributed by atoms with Crippen LogP contribution in [0.15, 0.2) is 24.3 Å². The number of nitrogens with one attached hydrogen (secondary N) is 2.